The zero-order valence-corrected chi connectivity index (χ0v) is 11.2. The molecule has 0 fully saturated rings. The third kappa shape index (κ3) is 4.49. The second-order valence-corrected chi connectivity index (χ2v) is 5.87. The van der Waals surface area contributed by atoms with Gasteiger partial charge in [-0.05, 0) is 32.1 Å². The first kappa shape index (κ1) is 14.2. The number of nitrogens with one attached hydrogen (secondary N) is 1. The monoisotopic (exact) mass is 260 g/mol. The van der Waals surface area contributed by atoms with Crippen LogP contribution in [0.2, 0.25) is 0 Å². The van der Waals surface area contributed by atoms with Gasteiger partial charge in [-0.2, -0.15) is 4.31 Å². The summed E-state index contributed by atoms with van der Waals surface area (Å²) in [6.45, 7) is 3.31. The summed E-state index contributed by atoms with van der Waals surface area (Å²) in [5.41, 5.74) is 0. The highest BCUT2D eigenvalue weighted by Gasteiger charge is 2.20. The molecule has 0 aliphatic rings. The van der Waals surface area contributed by atoms with Crippen LogP contribution in [0.25, 0.3) is 0 Å². The molecule has 0 aliphatic heterocycles. The first-order valence-electron chi connectivity index (χ1n) is 5.75. The molecule has 1 rings (SSSR count). The van der Waals surface area contributed by atoms with Crippen molar-refractivity contribution in [3.05, 3.63) is 24.2 Å². The van der Waals surface area contributed by atoms with Crippen molar-refractivity contribution in [2.75, 3.05) is 25.9 Å². The first-order valence-corrected chi connectivity index (χ1v) is 7.36. The second-order valence-electron chi connectivity index (χ2n) is 3.78. The fourth-order valence-electron chi connectivity index (χ4n) is 1.54. The van der Waals surface area contributed by atoms with Gasteiger partial charge in [0.15, 0.2) is 0 Å². The topological polar surface area (TPSA) is 62.6 Å². The molecule has 0 unspecified atom stereocenters. The SMILES string of the molecule is CCN(Cc1ccco1)S(=O)(=O)CCCNC. The molecule has 1 N–H and O–H groups in total. The zero-order chi connectivity index (χ0) is 12.7. The lowest BCUT2D eigenvalue weighted by Gasteiger charge is -2.19. The molecule has 1 aromatic heterocycles. The third-order valence-electron chi connectivity index (χ3n) is 2.49. The van der Waals surface area contributed by atoms with Gasteiger partial charge in [0.05, 0.1) is 18.6 Å². The van der Waals surface area contributed by atoms with E-state index in [2.05, 4.69) is 5.32 Å². The second kappa shape index (κ2) is 6.78. The van der Waals surface area contributed by atoms with Gasteiger partial charge < -0.3 is 9.73 Å². The van der Waals surface area contributed by atoms with Crippen molar-refractivity contribution in [2.24, 2.45) is 0 Å². The Morgan fingerprint density at radius 2 is 2.24 bits per heavy atom. The number of rotatable bonds is 8. The Kier molecular flexibility index (Phi) is 5.67. The number of nitrogens with zero attached hydrogens (tertiary/aromatic N) is 1. The minimum atomic E-state index is -3.19. The molecular weight excluding hydrogens is 240 g/mol. The van der Waals surface area contributed by atoms with Crippen LogP contribution in [0.3, 0.4) is 0 Å². The minimum Gasteiger partial charge on any atom is -0.468 e. The summed E-state index contributed by atoms with van der Waals surface area (Å²) in [5, 5.41) is 2.94. The molecule has 0 atom stereocenters. The van der Waals surface area contributed by atoms with E-state index in [-0.39, 0.29) is 5.75 Å². The number of furan rings is 1. The van der Waals surface area contributed by atoms with Crippen LogP contribution in [0.15, 0.2) is 22.8 Å². The van der Waals surface area contributed by atoms with Gasteiger partial charge in [-0.15, -0.1) is 0 Å². The zero-order valence-electron chi connectivity index (χ0n) is 10.3. The number of hydrogen-bond donors (Lipinski definition) is 1. The van der Waals surface area contributed by atoms with Crippen molar-refractivity contribution in [3.8, 4) is 0 Å². The Labute approximate surface area is 103 Å². The average Bonchev–Trinajstić information content (AvgIpc) is 2.78. The van der Waals surface area contributed by atoms with E-state index in [0.29, 0.717) is 31.8 Å². The Bertz CT molecular complexity index is 400. The third-order valence-corrected chi connectivity index (χ3v) is 4.47. The van der Waals surface area contributed by atoms with Crippen LogP contribution in [-0.4, -0.2) is 38.6 Å². The van der Waals surface area contributed by atoms with Gasteiger partial charge in [0.2, 0.25) is 10.0 Å². The van der Waals surface area contributed by atoms with Crippen LogP contribution >= 0.6 is 0 Å². The van der Waals surface area contributed by atoms with Crippen molar-refractivity contribution >= 4 is 10.0 Å². The van der Waals surface area contributed by atoms with Gasteiger partial charge >= 0.3 is 0 Å². The van der Waals surface area contributed by atoms with Crippen LogP contribution in [0.5, 0.6) is 0 Å². The quantitative estimate of drug-likeness (QED) is 0.709. The van der Waals surface area contributed by atoms with Gasteiger partial charge in [-0.25, -0.2) is 8.42 Å². The maximum absolute atomic E-state index is 12.0. The lowest BCUT2D eigenvalue weighted by molar-refractivity contribution is 0.375. The van der Waals surface area contributed by atoms with Crippen molar-refractivity contribution in [2.45, 2.75) is 19.9 Å². The average molecular weight is 260 g/mol. The van der Waals surface area contributed by atoms with Gasteiger partial charge in [0.1, 0.15) is 5.76 Å². The molecule has 17 heavy (non-hydrogen) atoms. The van der Waals surface area contributed by atoms with Crippen LogP contribution in [-0.2, 0) is 16.6 Å². The van der Waals surface area contributed by atoms with Crippen LogP contribution in [0.1, 0.15) is 19.1 Å². The Balaban J connectivity index is 2.59. The summed E-state index contributed by atoms with van der Waals surface area (Å²) in [6.07, 6.45) is 2.17. The van der Waals surface area contributed by atoms with Crippen LogP contribution in [0, 0.1) is 0 Å². The van der Waals surface area contributed by atoms with E-state index < -0.39 is 10.0 Å². The molecule has 0 radical (unpaired) electrons. The maximum Gasteiger partial charge on any atom is 0.214 e. The fourth-order valence-corrected chi connectivity index (χ4v) is 3.03. The molecule has 0 spiro atoms. The van der Waals surface area contributed by atoms with Crippen molar-refractivity contribution in [3.63, 3.8) is 0 Å². The molecule has 1 aromatic rings. The van der Waals surface area contributed by atoms with Crippen molar-refractivity contribution in [1.29, 1.82) is 0 Å². The Morgan fingerprint density at radius 1 is 1.47 bits per heavy atom. The summed E-state index contributed by atoms with van der Waals surface area (Å²) in [5.74, 6) is 0.839. The van der Waals surface area contributed by atoms with Gasteiger partial charge in [-0.1, -0.05) is 6.92 Å². The van der Waals surface area contributed by atoms with E-state index in [9.17, 15) is 8.42 Å². The predicted molar refractivity (Wildman–Crippen MR) is 67.1 cm³/mol. The van der Waals surface area contributed by atoms with E-state index in [4.69, 9.17) is 4.42 Å². The van der Waals surface area contributed by atoms with E-state index in [0.717, 1.165) is 0 Å². The minimum absolute atomic E-state index is 0.169. The van der Waals surface area contributed by atoms with Crippen LogP contribution < -0.4 is 5.32 Å². The fraction of sp³-hybridized carbons (Fsp3) is 0.636. The van der Waals surface area contributed by atoms with E-state index in [1.807, 2.05) is 14.0 Å². The first-order chi connectivity index (χ1) is 8.10. The van der Waals surface area contributed by atoms with Gasteiger partial charge in [-0.3, -0.25) is 0 Å². The van der Waals surface area contributed by atoms with E-state index in [1.54, 1.807) is 18.4 Å². The molecule has 0 bridgehead atoms. The summed E-state index contributed by atoms with van der Waals surface area (Å²) < 4.78 is 30.7. The molecule has 0 aliphatic carbocycles. The Hall–Kier alpha value is -0.850. The molecule has 0 aromatic carbocycles. The number of sulfonamides is 1. The summed E-state index contributed by atoms with van der Waals surface area (Å²) in [4.78, 5) is 0. The van der Waals surface area contributed by atoms with E-state index in [1.165, 1.54) is 4.31 Å². The normalized spacial score (nSPS) is 12.2. The summed E-state index contributed by atoms with van der Waals surface area (Å²) in [6, 6.07) is 3.54. The lowest BCUT2D eigenvalue weighted by atomic mass is 10.4. The molecule has 98 valence electrons. The smallest absolute Gasteiger partial charge is 0.214 e. The molecular formula is C11H20N2O3S. The largest absolute Gasteiger partial charge is 0.468 e. The molecule has 0 saturated carbocycles. The van der Waals surface area contributed by atoms with Gasteiger partial charge in [0, 0.05) is 6.54 Å². The summed E-state index contributed by atoms with van der Waals surface area (Å²) >= 11 is 0. The van der Waals surface area contributed by atoms with Gasteiger partial charge in [0.25, 0.3) is 0 Å². The van der Waals surface area contributed by atoms with Crippen molar-refractivity contribution < 1.29 is 12.8 Å². The lowest BCUT2D eigenvalue weighted by Crippen LogP contribution is -2.33. The predicted octanol–water partition coefficient (Wildman–Crippen LogP) is 1.04. The summed E-state index contributed by atoms with van der Waals surface area (Å²) in [7, 11) is -1.37. The van der Waals surface area contributed by atoms with Crippen LogP contribution in [0.4, 0.5) is 0 Å². The molecule has 6 heteroatoms. The van der Waals surface area contributed by atoms with E-state index >= 15 is 0 Å². The molecule has 5 nitrogen and oxygen atoms in total. The highest BCUT2D eigenvalue weighted by atomic mass is 32.2. The molecule has 0 saturated heterocycles. The standard InChI is InChI=1S/C11H20N2O3S/c1-3-13(10-11-6-4-8-16-11)17(14,15)9-5-7-12-2/h4,6,8,12H,3,5,7,9-10H2,1-2H3. The molecule has 0 amide bonds. The highest BCUT2D eigenvalue weighted by molar-refractivity contribution is 7.89. The van der Waals surface area contributed by atoms with Crippen molar-refractivity contribution in [1.82, 2.24) is 9.62 Å². The Morgan fingerprint density at radius 3 is 2.76 bits per heavy atom. The number of hydrogen-bond acceptors (Lipinski definition) is 4. The maximum atomic E-state index is 12.0. The highest BCUT2D eigenvalue weighted by Crippen LogP contribution is 2.10. The molecule has 1 heterocycles.